The van der Waals surface area contributed by atoms with E-state index in [0.717, 1.165) is 0 Å². The van der Waals surface area contributed by atoms with Crippen LogP contribution in [-0.4, -0.2) is 29.9 Å². The van der Waals surface area contributed by atoms with Crippen molar-refractivity contribution in [3.05, 3.63) is 38.3 Å². The molecule has 0 aliphatic carbocycles. The highest BCUT2D eigenvalue weighted by molar-refractivity contribution is 9.10. The summed E-state index contributed by atoms with van der Waals surface area (Å²) < 4.78 is 25.0. The molecule has 1 aromatic carbocycles. The highest BCUT2D eigenvalue weighted by Gasteiger charge is 2.28. The summed E-state index contributed by atoms with van der Waals surface area (Å²) in [5.41, 5.74) is 0.569. The van der Waals surface area contributed by atoms with Gasteiger partial charge in [0, 0.05) is 19.2 Å². The Morgan fingerprint density at radius 2 is 2.17 bits per heavy atom. The smallest absolute Gasteiger partial charge is 0.258 e. The van der Waals surface area contributed by atoms with Gasteiger partial charge in [-0.25, -0.2) is 8.42 Å². The molecule has 1 saturated heterocycles. The molecule has 6 nitrogen and oxygen atoms in total. The summed E-state index contributed by atoms with van der Waals surface area (Å²) in [6.07, 6.45) is 0.612. The van der Waals surface area contributed by atoms with Crippen molar-refractivity contribution in [2.45, 2.75) is 13.0 Å². The van der Waals surface area contributed by atoms with Gasteiger partial charge in [-0.3, -0.25) is 10.1 Å². The lowest BCUT2D eigenvalue weighted by molar-refractivity contribution is -0.385. The zero-order chi connectivity index (χ0) is 13.3. The lowest BCUT2D eigenvalue weighted by Crippen LogP contribution is -2.25. The Morgan fingerprint density at radius 3 is 2.72 bits per heavy atom. The average Bonchev–Trinajstić information content (AvgIpc) is 2.60. The molecule has 18 heavy (non-hydrogen) atoms. The second-order valence-electron chi connectivity index (χ2n) is 4.05. The molecular formula is C10H11BrN2O4S. The highest BCUT2D eigenvalue weighted by Crippen LogP contribution is 2.27. The van der Waals surface area contributed by atoms with E-state index < -0.39 is 14.9 Å². The molecule has 8 heteroatoms. The first kappa shape index (κ1) is 13.4. The van der Waals surface area contributed by atoms with Crippen LogP contribution in [0.2, 0.25) is 0 Å². The number of nitrogens with zero attached hydrogens (tertiary/aromatic N) is 2. The zero-order valence-corrected chi connectivity index (χ0v) is 11.8. The molecule has 1 heterocycles. The fraction of sp³-hybridized carbons (Fsp3) is 0.400. The molecule has 2 rings (SSSR count). The summed E-state index contributed by atoms with van der Waals surface area (Å²) in [6, 6.07) is 4.65. The molecule has 0 atom stereocenters. The quantitative estimate of drug-likeness (QED) is 0.624. The van der Waals surface area contributed by atoms with E-state index in [1.54, 1.807) is 12.1 Å². The van der Waals surface area contributed by atoms with Gasteiger partial charge in [0.15, 0.2) is 0 Å². The summed E-state index contributed by atoms with van der Waals surface area (Å²) in [7, 11) is -3.18. The maximum atomic E-state index is 11.6. The molecule has 1 fully saturated rings. The second-order valence-corrected chi connectivity index (χ2v) is 6.99. The number of nitro groups is 1. The van der Waals surface area contributed by atoms with Gasteiger partial charge < -0.3 is 0 Å². The number of sulfonamides is 1. The third kappa shape index (κ3) is 2.70. The van der Waals surface area contributed by atoms with Gasteiger partial charge in [0.05, 0.1) is 15.1 Å². The molecular weight excluding hydrogens is 324 g/mol. The van der Waals surface area contributed by atoms with Gasteiger partial charge >= 0.3 is 0 Å². The predicted octanol–water partition coefficient (Wildman–Crippen LogP) is 1.89. The minimum atomic E-state index is -3.18. The summed E-state index contributed by atoms with van der Waals surface area (Å²) in [4.78, 5) is 10.3. The van der Waals surface area contributed by atoms with Crippen LogP contribution in [0.1, 0.15) is 12.0 Å². The van der Waals surface area contributed by atoms with Crippen molar-refractivity contribution in [3.8, 4) is 0 Å². The lowest BCUT2D eigenvalue weighted by atomic mass is 10.2. The highest BCUT2D eigenvalue weighted by atomic mass is 79.9. The number of hydrogen-bond acceptors (Lipinski definition) is 4. The molecule has 0 radical (unpaired) electrons. The number of nitro benzene ring substituents is 1. The van der Waals surface area contributed by atoms with Crippen LogP contribution in [0.5, 0.6) is 0 Å². The Bertz CT molecular complexity index is 588. The molecule has 0 unspecified atom stereocenters. The van der Waals surface area contributed by atoms with E-state index in [1.807, 2.05) is 0 Å². The van der Waals surface area contributed by atoms with E-state index in [4.69, 9.17) is 0 Å². The molecule has 0 amide bonds. The van der Waals surface area contributed by atoms with E-state index in [-0.39, 0.29) is 18.0 Å². The fourth-order valence-corrected chi connectivity index (χ4v) is 3.77. The van der Waals surface area contributed by atoms with Crippen LogP contribution in [0, 0.1) is 10.1 Å². The van der Waals surface area contributed by atoms with Gasteiger partial charge in [-0.2, -0.15) is 4.31 Å². The Labute approximate surface area is 113 Å². The Balaban J connectivity index is 2.25. The maximum absolute atomic E-state index is 11.6. The molecule has 1 aliphatic rings. The summed E-state index contributed by atoms with van der Waals surface area (Å²) in [5.74, 6) is 0.158. The summed E-state index contributed by atoms with van der Waals surface area (Å²) in [5, 5.41) is 10.8. The zero-order valence-electron chi connectivity index (χ0n) is 9.37. The minimum Gasteiger partial charge on any atom is -0.258 e. The first-order valence-electron chi connectivity index (χ1n) is 5.31. The maximum Gasteiger partial charge on any atom is 0.283 e. The van der Waals surface area contributed by atoms with Crippen molar-refractivity contribution in [2.75, 3.05) is 12.3 Å². The van der Waals surface area contributed by atoms with Crippen molar-refractivity contribution in [1.29, 1.82) is 0 Å². The molecule has 0 spiro atoms. The average molecular weight is 335 g/mol. The molecule has 1 aliphatic heterocycles. The molecule has 0 saturated carbocycles. The van der Waals surface area contributed by atoms with E-state index >= 15 is 0 Å². The normalized spacial score (nSPS) is 18.9. The Hall–Kier alpha value is -0.990. The first-order chi connectivity index (χ1) is 8.40. The van der Waals surface area contributed by atoms with Crippen LogP contribution in [0.4, 0.5) is 5.69 Å². The number of halogens is 1. The lowest BCUT2D eigenvalue weighted by Gasteiger charge is -2.14. The van der Waals surface area contributed by atoms with Crippen LogP contribution in [-0.2, 0) is 16.6 Å². The number of benzene rings is 1. The predicted molar refractivity (Wildman–Crippen MR) is 69.6 cm³/mol. The number of hydrogen-bond donors (Lipinski definition) is 0. The minimum absolute atomic E-state index is 0.0518. The fourth-order valence-electron chi connectivity index (χ4n) is 1.87. The van der Waals surface area contributed by atoms with Crippen molar-refractivity contribution < 1.29 is 13.3 Å². The van der Waals surface area contributed by atoms with E-state index in [0.29, 0.717) is 23.0 Å². The van der Waals surface area contributed by atoms with Crippen molar-refractivity contribution in [2.24, 2.45) is 0 Å². The first-order valence-corrected chi connectivity index (χ1v) is 7.71. The van der Waals surface area contributed by atoms with E-state index in [9.17, 15) is 18.5 Å². The van der Waals surface area contributed by atoms with Gasteiger partial charge in [0.25, 0.3) is 5.69 Å². The third-order valence-corrected chi connectivity index (χ3v) is 5.34. The monoisotopic (exact) mass is 334 g/mol. The van der Waals surface area contributed by atoms with Crippen LogP contribution in [0.3, 0.4) is 0 Å². The largest absolute Gasteiger partial charge is 0.283 e. The molecule has 1 aromatic rings. The molecule has 98 valence electrons. The standard InChI is InChI=1S/C10H11BrN2O4S/c11-9-3-2-8(6-10(9)13(14)15)7-12-4-1-5-18(12,16)17/h2-3,6H,1,4-5,7H2. The van der Waals surface area contributed by atoms with Crippen molar-refractivity contribution in [1.82, 2.24) is 4.31 Å². The van der Waals surface area contributed by atoms with Crippen molar-refractivity contribution >= 4 is 31.6 Å². The van der Waals surface area contributed by atoms with E-state index in [1.165, 1.54) is 10.4 Å². The van der Waals surface area contributed by atoms with Crippen LogP contribution < -0.4 is 0 Å². The molecule has 0 bridgehead atoms. The number of rotatable bonds is 3. The second kappa shape index (κ2) is 4.94. The third-order valence-electron chi connectivity index (χ3n) is 2.77. The Morgan fingerprint density at radius 1 is 1.44 bits per heavy atom. The van der Waals surface area contributed by atoms with Gasteiger partial charge in [0.2, 0.25) is 10.0 Å². The van der Waals surface area contributed by atoms with Gasteiger partial charge in [-0.1, -0.05) is 6.07 Å². The Kier molecular flexibility index (Phi) is 3.69. The van der Waals surface area contributed by atoms with E-state index in [2.05, 4.69) is 15.9 Å². The SMILES string of the molecule is O=[N+]([O-])c1cc(CN2CCCS2(=O)=O)ccc1Br. The molecule has 0 N–H and O–H groups in total. The van der Waals surface area contributed by atoms with Crippen LogP contribution >= 0.6 is 15.9 Å². The summed E-state index contributed by atoms with van der Waals surface area (Å²) in [6.45, 7) is 0.669. The van der Waals surface area contributed by atoms with Gasteiger partial charge in [-0.05, 0) is 34.0 Å². The topological polar surface area (TPSA) is 80.5 Å². The van der Waals surface area contributed by atoms with Crippen LogP contribution in [0.25, 0.3) is 0 Å². The summed E-state index contributed by atoms with van der Waals surface area (Å²) >= 11 is 3.09. The van der Waals surface area contributed by atoms with Gasteiger partial charge in [-0.15, -0.1) is 0 Å². The van der Waals surface area contributed by atoms with Crippen LogP contribution in [0.15, 0.2) is 22.7 Å². The van der Waals surface area contributed by atoms with Gasteiger partial charge in [0.1, 0.15) is 0 Å². The molecule has 0 aromatic heterocycles. The van der Waals surface area contributed by atoms with Crippen molar-refractivity contribution in [3.63, 3.8) is 0 Å².